The minimum absolute atomic E-state index is 0.148. The summed E-state index contributed by atoms with van der Waals surface area (Å²) >= 11 is 0. The van der Waals surface area contributed by atoms with Crippen LogP contribution < -0.4 is 0 Å². The summed E-state index contributed by atoms with van der Waals surface area (Å²) in [5.74, 6) is 0.166. The largest absolute Gasteiger partial charge is 0.440 e. The quantitative estimate of drug-likeness (QED) is 0.764. The molecule has 0 spiro atoms. The van der Waals surface area contributed by atoms with Crippen LogP contribution in [0.25, 0.3) is 11.1 Å². The minimum Gasteiger partial charge on any atom is -0.440 e. The Labute approximate surface area is 92.7 Å². The number of oxazole rings is 1. The second-order valence-electron chi connectivity index (χ2n) is 3.49. The van der Waals surface area contributed by atoms with Crippen LogP contribution in [0, 0.1) is 22.7 Å². The van der Waals surface area contributed by atoms with Crippen molar-refractivity contribution in [2.24, 2.45) is 0 Å². The smallest absolute Gasteiger partial charge is 0.209 e. The maximum Gasteiger partial charge on any atom is 0.209 e. The van der Waals surface area contributed by atoms with Crippen molar-refractivity contribution in [2.75, 3.05) is 0 Å². The van der Waals surface area contributed by atoms with E-state index < -0.39 is 0 Å². The Hall–Kier alpha value is -2.33. The molecule has 0 bridgehead atoms. The lowest BCUT2D eigenvalue weighted by molar-refractivity contribution is 0.548. The Morgan fingerprint density at radius 1 is 1.44 bits per heavy atom. The van der Waals surface area contributed by atoms with Gasteiger partial charge in [-0.15, -0.1) is 0 Å². The Balaban J connectivity index is 2.60. The van der Waals surface area contributed by atoms with Gasteiger partial charge in [0.25, 0.3) is 0 Å². The molecule has 1 atom stereocenters. The number of para-hydroxylation sites is 1. The standard InChI is InChI=1S/C12H9N3O/c1-8(7-14)9-3-2-4-10-12(9)15-11(16-10)5-6-13/h2-4,8H,5H2,1H3. The zero-order chi connectivity index (χ0) is 11.5. The number of hydrogen-bond acceptors (Lipinski definition) is 4. The van der Waals surface area contributed by atoms with Crippen LogP contribution in [-0.4, -0.2) is 4.98 Å². The van der Waals surface area contributed by atoms with E-state index in [1.165, 1.54) is 0 Å². The van der Waals surface area contributed by atoms with E-state index in [1.54, 1.807) is 6.07 Å². The van der Waals surface area contributed by atoms with Gasteiger partial charge >= 0.3 is 0 Å². The highest BCUT2D eigenvalue weighted by molar-refractivity contribution is 5.77. The first-order valence-electron chi connectivity index (χ1n) is 4.91. The molecule has 4 nitrogen and oxygen atoms in total. The number of nitrogens with zero attached hydrogens (tertiary/aromatic N) is 3. The number of benzene rings is 1. The Morgan fingerprint density at radius 2 is 2.25 bits per heavy atom. The summed E-state index contributed by atoms with van der Waals surface area (Å²) < 4.78 is 5.40. The zero-order valence-electron chi connectivity index (χ0n) is 8.77. The third-order valence-corrected chi connectivity index (χ3v) is 2.38. The average Bonchev–Trinajstić information content (AvgIpc) is 2.70. The van der Waals surface area contributed by atoms with Crippen LogP contribution in [0.1, 0.15) is 24.3 Å². The van der Waals surface area contributed by atoms with Gasteiger partial charge in [0.05, 0.1) is 18.1 Å². The first-order chi connectivity index (χ1) is 7.76. The molecule has 1 heterocycles. The third-order valence-electron chi connectivity index (χ3n) is 2.38. The van der Waals surface area contributed by atoms with Crippen molar-refractivity contribution in [1.29, 1.82) is 10.5 Å². The number of fused-ring (bicyclic) bond motifs is 1. The molecule has 1 aromatic heterocycles. The highest BCUT2D eigenvalue weighted by Crippen LogP contribution is 2.25. The highest BCUT2D eigenvalue weighted by atomic mass is 16.3. The van der Waals surface area contributed by atoms with E-state index in [4.69, 9.17) is 14.9 Å². The van der Waals surface area contributed by atoms with E-state index in [1.807, 2.05) is 25.1 Å². The zero-order valence-corrected chi connectivity index (χ0v) is 8.77. The average molecular weight is 211 g/mol. The van der Waals surface area contributed by atoms with Gasteiger partial charge < -0.3 is 4.42 Å². The summed E-state index contributed by atoms with van der Waals surface area (Å²) in [6.07, 6.45) is 0.148. The molecule has 2 aromatic rings. The molecule has 0 aliphatic carbocycles. The number of hydrogen-bond donors (Lipinski definition) is 0. The molecular formula is C12H9N3O. The van der Waals surface area contributed by atoms with Crippen molar-refractivity contribution < 1.29 is 4.42 Å². The van der Waals surface area contributed by atoms with Gasteiger partial charge in [0.2, 0.25) is 5.89 Å². The molecule has 0 aliphatic rings. The van der Waals surface area contributed by atoms with E-state index in [0.717, 1.165) is 5.56 Å². The molecule has 1 unspecified atom stereocenters. The predicted octanol–water partition coefficient (Wildman–Crippen LogP) is 2.52. The summed E-state index contributed by atoms with van der Waals surface area (Å²) in [5.41, 5.74) is 2.15. The monoisotopic (exact) mass is 211 g/mol. The Kier molecular flexibility index (Phi) is 2.57. The topological polar surface area (TPSA) is 73.6 Å². The normalized spacial score (nSPS) is 11.9. The second-order valence-corrected chi connectivity index (χ2v) is 3.49. The lowest BCUT2D eigenvalue weighted by Gasteiger charge is -2.01. The predicted molar refractivity (Wildman–Crippen MR) is 57.4 cm³/mol. The van der Waals surface area contributed by atoms with Gasteiger partial charge in [-0.2, -0.15) is 10.5 Å². The van der Waals surface area contributed by atoms with Crippen molar-refractivity contribution in [3.63, 3.8) is 0 Å². The molecule has 0 saturated carbocycles. The summed E-state index contributed by atoms with van der Waals surface area (Å²) in [5, 5.41) is 17.5. The van der Waals surface area contributed by atoms with E-state index in [2.05, 4.69) is 11.1 Å². The summed E-state index contributed by atoms with van der Waals surface area (Å²) in [6.45, 7) is 1.81. The van der Waals surface area contributed by atoms with E-state index in [9.17, 15) is 0 Å². The number of aromatic nitrogens is 1. The Bertz CT molecular complexity index is 601. The molecule has 0 amide bonds. The van der Waals surface area contributed by atoms with Crippen molar-refractivity contribution in [1.82, 2.24) is 4.98 Å². The fraction of sp³-hybridized carbons (Fsp3) is 0.250. The van der Waals surface area contributed by atoms with Crippen LogP contribution in [-0.2, 0) is 6.42 Å². The van der Waals surface area contributed by atoms with Gasteiger partial charge in [-0.05, 0) is 18.6 Å². The molecular weight excluding hydrogens is 202 g/mol. The molecule has 0 fully saturated rings. The molecule has 16 heavy (non-hydrogen) atoms. The fourth-order valence-electron chi connectivity index (χ4n) is 1.58. The summed E-state index contributed by atoms with van der Waals surface area (Å²) in [7, 11) is 0. The maximum atomic E-state index is 8.90. The summed E-state index contributed by atoms with van der Waals surface area (Å²) in [6, 6.07) is 9.63. The molecule has 0 saturated heterocycles. The minimum atomic E-state index is -0.233. The van der Waals surface area contributed by atoms with Crippen molar-refractivity contribution in [2.45, 2.75) is 19.3 Å². The molecule has 4 heteroatoms. The first-order valence-corrected chi connectivity index (χ1v) is 4.91. The molecule has 0 aliphatic heterocycles. The number of rotatable bonds is 2. The number of nitriles is 2. The van der Waals surface area contributed by atoms with E-state index in [0.29, 0.717) is 17.0 Å². The lowest BCUT2D eigenvalue weighted by Crippen LogP contribution is -1.90. The van der Waals surface area contributed by atoms with Gasteiger partial charge in [-0.3, -0.25) is 0 Å². The van der Waals surface area contributed by atoms with Gasteiger partial charge in [0.1, 0.15) is 11.9 Å². The van der Waals surface area contributed by atoms with Gasteiger partial charge in [0, 0.05) is 0 Å². The summed E-state index contributed by atoms with van der Waals surface area (Å²) in [4.78, 5) is 4.23. The Morgan fingerprint density at radius 3 is 2.94 bits per heavy atom. The van der Waals surface area contributed by atoms with Crippen LogP contribution >= 0.6 is 0 Å². The van der Waals surface area contributed by atoms with Gasteiger partial charge in [-0.25, -0.2) is 4.98 Å². The SMILES string of the molecule is CC(C#N)c1cccc2oc(CC#N)nc12. The molecule has 0 N–H and O–H groups in total. The van der Waals surface area contributed by atoms with Crippen LogP contribution in [0.2, 0.25) is 0 Å². The third kappa shape index (κ3) is 1.62. The van der Waals surface area contributed by atoms with Crippen molar-refractivity contribution in [3.8, 4) is 12.1 Å². The van der Waals surface area contributed by atoms with E-state index in [-0.39, 0.29) is 12.3 Å². The molecule has 1 aromatic carbocycles. The van der Waals surface area contributed by atoms with Crippen LogP contribution in [0.5, 0.6) is 0 Å². The van der Waals surface area contributed by atoms with Crippen LogP contribution in [0.3, 0.4) is 0 Å². The van der Waals surface area contributed by atoms with Crippen molar-refractivity contribution in [3.05, 3.63) is 29.7 Å². The van der Waals surface area contributed by atoms with Crippen LogP contribution in [0.4, 0.5) is 0 Å². The second kappa shape index (κ2) is 4.04. The molecule has 78 valence electrons. The molecule has 0 radical (unpaired) electrons. The van der Waals surface area contributed by atoms with Crippen LogP contribution in [0.15, 0.2) is 22.6 Å². The maximum absolute atomic E-state index is 8.90. The highest BCUT2D eigenvalue weighted by Gasteiger charge is 2.13. The fourth-order valence-corrected chi connectivity index (χ4v) is 1.58. The van der Waals surface area contributed by atoms with Gasteiger partial charge in [0.15, 0.2) is 5.58 Å². The van der Waals surface area contributed by atoms with E-state index >= 15 is 0 Å². The molecule has 2 rings (SSSR count). The lowest BCUT2D eigenvalue weighted by atomic mass is 10.0. The first kappa shape index (κ1) is 10.2. The van der Waals surface area contributed by atoms with Gasteiger partial charge in [-0.1, -0.05) is 12.1 Å². The van der Waals surface area contributed by atoms with Crippen molar-refractivity contribution >= 4 is 11.1 Å².